The highest BCUT2D eigenvalue weighted by Crippen LogP contribution is 2.65. The second kappa shape index (κ2) is 8.09. The Hall–Kier alpha value is -3.82. The Balaban J connectivity index is 1.75. The third-order valence-electron chi connectivity index (χ3n) is 7.54. The van der Waals surface area contributed by atoms with E-state index in [2.05, 4.69) is 21.2 Å². The van der Waals surface area contributed by atoms with Crippen molar-refractivity contribution >= 4 is 39.4 Å². The predicted molar refractivity (Wildman–Crippen MR) is 133 cm³/mol. The number of ether oxygens (including phenoxy) is 2. The summed E-state index contributed by atoms with van der Waals surface area (Å²) in [6.45, 7) is 1.54. The lowest BCUT2D eigenvalue weighted by molar-refractivity contribution is -0.163. The van der Waals surface area contributed by atoms with E-state index < -0.39 is 46.4 Å². The van der Waals surface area contributed by atoms with Gasteiger partial charge in [-0.15, -0.1) is 0 Å². The average Bonchev–Trinajstić information content (AvgIpc) is 3.34. The molecule has 8 nitrogen and oxygen atoms in total. The number of phenolic OH excluding ortho intramolecular Hbond substituents is 1. The van der Waals surface area contributed by atoms with Crippen LogP contribution in [0.25, 0.3) is 0 Å². The van der Waals surface area contributed by atoms with Crippen LogP contribution < -0.4 is 10.1 Å². The van der Waals surface area contributed by atoms with Crippen LogP contribution >= 0.6 is 15.9 Å². The first-order valence-electron chi connectivity index (χ1n) is 11.7. The minimum atomic E-state index is -2.23. The molecule has 1 fully saturated rings. The first-order chi connectivity index (χ1) is 17.8. The monoisotopic (exact) mass is 561 g/mol. The van der Waals surface area contributed by atoms with Crippen LogP contribution in [0.4, 0.5) is 0 Å². The van der Waals surface area contributed by atoms with E-state index >= 15 is 0 Å². The maximum atomic E-state index is 14.4. The Kier molecular flexibility index (Phi) is 5.15. The molecule has 37 heavy (non-hydrogen) atoms. The average molecular weight is 562 g/mol. The molecule has 0 radical (unpaired) electrons. The zero-order valence-corrected chi connectivity index (χ0v) is 21.1. The number of para-hydroxylation sites is 1. The Morgan fingerprint density at radius 2 is 1.65 bits per heavy atom. The van der Waals surface area contributed by atoms with Crippen LogP contribution in [-0.2, 0) is 14.3 Å². The first kappa shape index (κ1) is 23.6. The molecule has 3 aliphatic rings. The van der Waals surface area contributed by atoms with E-state index in [9.17, 15) is 24.3 Å². The van der Waals surface area contributed by atoms with Gasteiger partial charge in [-0.25, -0.2) is 9.59 Å². The van der Waals surface area contributed by atoms with Crippen molar-refractivity contribution in [1.82, 2.24) is 5.32 Å². The summed E-state index contributed by atoms with van der Waals surface area (Å²) in [4.78, 5) is 56.3. The van der Waals surface area contributed by atoms with Crippen molar-refractivity contribution in [2.24, 2.45) is 5.41 Å². The highest BCUT2D eigenvalue weighted by atomic mass is 79.9. The molecule has 2 aliphatic heterocycles. The van der Waals surface area contributed by atoms with Gasteiger partial charge in [0.15, 0.2) is 11.6 Å². The molecule has 2 N–H and O–H groups in total. The van der Waals surface area contributed by atoms with Crippen LogP contribution in [-0.4, -0.2) is 40.8 Å². The fraction of sp³-hybridized carbons (Fsp3) is 0.214. The van der Waals surface area contributed by atoms with Crippen molar-refractivity contribution in [3.8, 4) is 11.5 Å². The summed E-state index contributed by atoms with van der Waals surface area (Å²) < 4.78 is 11.5. The van der Waals surface area contributed by atoms with E-state index in [1.165, 1.54) is 6.07 Å². The molecule has 6 rings (SSSR count). The molecule has 0 unspecified atom stereocenters. The largest absolute Gasteiger partial charge is 0.508 e. The number of carbonyl (C=O) groups is 4. The molecule has 1 spiro atoms. The quantitative estimate of drug-likeness (QED) is 0.281. The van der Waals surface area contributed by atoms with Gasteiger partial charge in [-0.05, 0) is 31.2 Å². The molecule has 0 bridgehead atoms. The third-order valence-corrected chi connectivity index (χ3v) is 8.03. The van der Waals surface area contributed by atoms with Gasteiger partial charge in [0.25, 0.3) is 0 Å². The van der Waals surface area contributed by atoms with Crippen LogP contribution in [0.2, 0.25) is 0 Å². The molecule has 9 heteroatoms. The number of aromatic hydroxyl groups is 1. The van der Waals surface area contributed by atoms with E-state index in [-0.39, 0.29) is 34.8 Å². The number of ketones is 2. The molecule has 1 saturated heterocycles. The number of Topliss-reactive ketones (excluding diaryl/α,β-unsaturated/α-hetero) is 2. The summed E-state index contributed by atoms with van der Waals surface area (Å²) in [6.07, 6.45) is 0. The molecular formula is C28H20BrNO7. The summed E-state index contributed by atoms with van der Waals surface area (Å²) in [7, 11) is 0. The number of rotatable bonds is 3. The van der Waals surface area contributed by atoms with Gasteiger partial charge >= 0.3 is 11.9 Å². The van der Waals surface area contributed by atoms with Crippen LogP contribution in [0, 0.1) is 5.41 Å². The van der Waals surface area contributed by atoms with E-state index in [1.54, 1.807) is 67.6 Å². The lowest BCUT2D eigenvalue weighted by atomic mass is 9.60. The van der Waals surface area contributed by atoms with E-state index in [0.717, 1.165) is 0 Å². The highest BCUT2D eigenvalue weighted by molar-refractivity contribution is 9.10. The fourth-order valence-electron chi connectivity index (χ4n) is 6.12. The number of hydrogen-bond donors (Lipinski definition) is 2. The fourth-order valence-corrected chi connectivity index (χ4v) is 6.50. The topological polar surface area (TPSA) is 119 Å². The maximum Gasteiger partial charge on any atom is 0.344 e. The minimum Gasteiger partial charge on any atom is -0.508 e. The van der Waals surface area contributed by atoms with Crippen molar-refractivity contribution < 1.29 is 33.8 Å². The molecule has 3 aromatic rings. The minimum absolute atomic E-state index is 0.0498. The number of phenols is 1. The van der Waals surface area contributed by atoms with Crippen molar-refractivity contribution in [2.45, 2.75) is 24.4 Å². The van der Waals surface area contributed by atoms with E-state index in [1.807, 2.05) is 0 Å². The number of fused-ring (bicyclic) bond motifs is 5. The number of carbonyl (C=O) groups excluding carboxylic acids is 4. The number of hydrogen-bond acceptors (Lipinski definition) is 8. The Labute approximate surface area is 219 Å². The molecule has 1 aliphatic carbocycles. The predicted octanol–water partition coefficient (Wildman–Crippen LogP) is 3.87. The SMILES string of the molecule is CCOC(=O)[C@]12N[C@@H](c3cc(Br)ccc3O)C3(C(=O)c4ccccc4C3=O)[C@H]1c1ccccc1OC2=O. The van der Waals surface area contributed by atoms with Gasteiger partial charge in [-0.3, -0.25) is 14.9 Å². The Morgan fingerprint density at radius 1 is 1.00 bits per heavy atom. The zero-order valence-electron chi connectivity index (χ0n) is 19.5. The van der Waals surface area contributed by atoms with Crippen LogP contribution in [0.3, 0.4) is 0 Å². The standard InChI is InChI=1S/C28H20BrNO7/c1-2-36-25(34)28-21(17-9-5-6-10-20(17)37-26(28)35)27(22(30-28)18-13-14(29)11-12-19(18)31)23(32)15-7-3-4-8-16(15)24(27)33/h3-13,21-22,30-31H,2H2,1H3/t21-,22+,28-/m1/s1. The third kappa shape index (κ3) is 2.86. The van der Waals surface area contributed by atoms with E-state index in [4.69, 9.17) is 9.47 Å². The number of halogens is 1. The first-order valence-corrected chi connectivity index (χ1v) is 12.5. The van der Waals surface area contributed by atoms with Gasteiger partial charge < -0.3 is 14.6 Å². The molecule has 0 amide bonds. The number of benzene rings is 3. The normalized spacial score (nSPS) is 24.9. The molecule has 3 aromatic carbocycles. The molecular weight excluding hydrogens is 542 g/mol. The summed E-state index contributed by atoms with van der Waals surface area (Å²) in [5.41, 5.74) is -3.34. The van der Waals surface area contributed by atoms with Crippen molar-refractivity contribution in [3.05, 3.63) is 93.5 Å². The van der Waals surface area contributed by atoms with Gasteiger partial charge in [0.05, 0.1) is 12.6 Å². The van der Waals surface area contributed by atoms with Crippen molar-refractivity contribution in [1.29, 1.82) is 0 Å². The lowest BCUT2D eigenvalue weighted by Gasteiger charge is -2.40. The Morgan fingerprint density at radius 3 is 2.32 bits per heavy atom. The van der Waals surface area contributed by atoms with Crippen LogP contribution in [0.15, 0.2) is 71.2 Å². The van der Waals surface area contributed by atoms with E-state index in [0.29, 0.717) is 10.0 Å². The number of esters is 2. The second-order valence-electron chi connectivity index (χ2n) is 9.24. The molecule has 0 saturated carbocycles. The molecule has 186 valence electrons. The van der Waals surface area contributed by atoms with Crippen LogP contribution in [0.1, 0.15) is 50.7 Å². The summed E-state index contributed by atoms with van der Waals surface area (Å²) in [5.74, 6) is -4.43. The molecule has 3 atom stereocenters. The van der Waals surface area contributed by atoms with Crippen LogP contribution in [0.5, 0.6) is 11.5 Å². The number of nitrogens with one attached hydrogen (secondary N) is 1. The summed E-state index contributed by atoms with van der Waals surface area (Å²) >= 11 is 3.39. The van der Waals surface area contributed by atoms with Gasteiger partial charge in [0.1, 0.15) is 16.9 Å². The lowest BCUT2D eigenvalue weighted by Crippen LogP contribution is -2.63. The van der Waals surface area contributed by atoms with Gasteiger partial charge in [0.2, 0.25) is 5.54 Å². The summed E-state index contributed by atoms with van der Waals surface area (Å²) in [6, 6.07) is 16.2. The van der Waals surface area contributed by atoms with Crippen molar-refractivity contribution in [3.63, 3.8) is 0 Å². The van der Waals surface area contributed by atoms with Gasteiger partial charge in [-0.1, -0.05) is 58.4 Å². The van der Waals surface area contributed by atoms with Gasteiger partial charge in [-0.2, -0.15) is 0 Å². The van der Waals surface area contributed by atoms with Crippen molar-refractivity contribution in [2.75, 3.05) is 6.61 Å². The zero-order chi connectivity index (χ0) is 26.1. The Bertz CT molecular complexity index is 1500. The smallest absolute Gasteiger partial charge is 0.344 e. The molecule has 2 heterocycles. The highest BCUT2D eigenvalue weighted by Gasteiger charge is 2.79. The summed E-state index contributed by atoms with van der Waals surface area (Å²) in [5, 5.41) is 14.0. The second-order valence-corrected chi connectivity index (χ2v) is 10.2. The molecule has 0 aromatic heterocycles. The maximum absolute atomic E-state index is 14.4. The van der Waals surface area contributed by atoms with Gasteiger partial charge in [0, 0.05) is 32.6 Å².